The Balaban J connectivity index is 1.46. The molecule has 3 amide bonds. The summed E-state index contributed by atoms with van der Waals surface area (Å²) in [5.74, 6) is 0.449. The second kappa shape index (κ2) is 13.1. The van der Waals surface area contributed by atoms with E-state index in [0.29, 0.717) is 30.3 Å². The minimum absolute atomic E-state index is 0.179. The van der Waals surface area contributed by atoms with Gasteiger partial charge < -0.3 is 25.6 Å². The van der Waals surface area contributed by atoms with Crippen LogP contribution in [0.2, 0.25) is 0 Å². The molecular weight excluding hydrogens is 476 g/mol. The zero-order chi connectivity index (χ0) is 26.9. The Morgan fingerprint density at radius 1 is 0.947 bits per heavy atom. The Kier molecular flexibility index (Phi) is 9.38. The smallest absolute Gasteiger partial charge is 0.323 e. The number of anilines is 3. The summed E-state index contributed by atoms with van der Waals surface area (Å²) in [5.41, 5.74) is 6.25. The minimum atomic E-state index is -0.350. The molecule has 1 fully saturated rings. The van der Waals surface area contributed by atoms with Gasteiger partial charge in [0.1, 0.15) is 0 Å². The molecule has 1 aliphatic rings. The number of carbonyl (C=O) groups excluding carboxylic acids is 2. The van der Waals surface area contributed by atoms with Crippen molar-refractivity contribution in [2.24, 2.45) is 5.92 Å². The van der Waals surface area contributed by atoms with Crippen LogP contribution in [0.5, 0.6) is 0 Å². The molecule has 7 nitrogen and oxygen atoms in total. The third-order valence-electron chi connectivity index (χ3n) is 7.04. The van der Waals surface area contributed by atoms with E-state index in [2.05, 4.69) is 51.2 Å². The molecule has 1 saturated heterocycles. The van der Waals surface area contributed by atoms with E-state index in [9.17, 15) is 9.59 Å². The van der Waals surface area contributed by atoms with E-state index < -0.39 is 0 Å². The van der Waals surface area contributed by atoms with Gasteiger partial charge in [-0.2, -0.15) is 0 Å². The number of aryl methyl sites for hydroxylation is 2. The average molecular weight is 515 g/mol. The standard InChI is InChI=1S/C31H38N4O3/c1-22-9-11-28(23(2)19-22)34-31(37)33-26-10-12-29(27(21-26)30(36)32-15-18-38-3)35-16-13-25(14-17-35)20-24-7-5-4-6-8-24/h4-12,19,21,25H,13-18,20H2,1-3H3,(H,32,36)(H2,33,34,37). The summed E-state index contributed by atoms with van der Waals surface area (Å²) in [4.78, 5) is 28.2. The van der Waals surface area contributed by atoms with Crippen LogP contribution in [0.4, 0.5) is 21.9 Å². The van der Waals surface area contributed by atoms with Crippen molar-refractivity contribution in [1.82, 2.24) is 5.32 Å². The van der Waals surface area contributed by atoms with Crippen LogP contribution in [0.1, 0.15) is 39.9 Å². The fourth-order valence-electron chi connectivity index (χ4n) is 5.00. The van der Waals surface area contributed by atoms with Gasteiger partial charge in [0.15, 0.2) is 0 Å². The molecule has 0 spiro atoms. The van der Waals surface area contributed by atoms with Gasteiger partial charge in [-0.1, -0.05) is 48.0 Å². The van der Waals surface area contributed by atoms with E-state index in [1.54, 1.807) is 13.2 Å². The molecule has 1 heterocycles. The number of nitrogens with zero attached hydrogens (tertiary/aromatic N) is 1. The van der Waals surface area contributed by atoms with Crippen LogP contribution in [0, 0.1) is 19.8 Å². The van der Waals surface area contributed by atoms with Gasteiger partial charge in [0.25, 0.3) is 5.91 Å². The zero-order valence-electron chi connectivity index (χ0n) is 22.5. The molecule has 0 aliphatic carbocycles. The highest BCUT2D eigenvalue weighted by atomic mass is 16.5. The Morgan fingerprint density at radius 2 is 1.71 bits per heavy atom. The highest BCUT2D eigenvalue weighted by Crippen LogP contribution is 2.30. The van der Waals surface area contributed by atoms with Crippen molar-refractivity contribution in [2.45, 2.75) is 33.1 Å². The normalized spacial score (nSPS) is 13.7. The van der Waals surface area contributed by atoms with Crippen molar-refractivity contribution < 1.29 is 14.3 Å². The third kappa shape index (κ3) is 7.35. The summed E-state index contributed by atoms with van der Waals surface area (Å²) in [5, 5.41) is 8.72. The summed E-state index contributed by atoms with van der Waals surface area (Å²) in [7, 11) is 1.61. The predicted octanol–water partition coefficient (Wildman–Crippen LogP) is 5.78. The molecule has 4 rings (SSSR count). The first-order valence-electron chi connectivity index (χ1n) is 13.3. The maximum Gasteiger partial charge on any atom is 0.323 e. The van der Waals surface area contributed by atoms with Gasteiger partial charge in [-0.05, 0) is 74.4 Å². The molecule has 3 N–H and O–H groups in total. The van der Waals surface area contributed by atoms with Crippen molar-refractivity contribution in [2.75, 3.05) is 48.9 Å². The monoisotopic (exact) mass is 514 g/mol. The molecule has 0 atom stereocenters. The first-order chi connectivity index (χ1) is 18.4. The highest BCUT2D eigenvalue weighted by molar-refractivity contribution is 6.04. The first kappa shape index (κ1) is 27.2. The molecule has 7 heteroatoms. The third-order valence-corrected chi connectivity index (χ3v) is 7.04. The van der Waals surface area contributed by atoms with E-state index in [1.165, 1.54) is 5.56 Å². The van der Waals surface area contributed by atoms with Gasteiger partial charge in [0.05, 0.1) is 12.2 Å². The second-order valence-electron chi connectivity index (χ2n) is 10.00. The number of piperidine rings is 1. The van der Waals surface area contributed by atoms with Crippen LogP contribution in [-0.4, -0.2) is 45.3 Å². The molecule has 1 aliphatic heterocycles. The molecule has 0 saturated carbocycles. The van der Waals surface area contributed by atoms with Crippen LogP contribution < -0.4 is 20.9 Å². The van der Waals surface area contributed by atoms with Crippen LogP contribution >= 0.6 is 0 Å². The van der Waals surface area contributed by atoms with Gasteiger partial charge in [-0.25, -0.2) is 4.79 Å². The van der Waals surface area contributed by atoms with Crippen molar-refractivity contribution in [1.29, 1.82) is 0 Å². The summed E-state index contributed by atoms with van der Waals surface area (Å²) in [6.07, 6.45) is 3.22. The maximum absolute atomic E-state index is 13.2. The lowest BCUT2D eigenvalue weighted by Gasteiger charge is -2.35. The van der Waals surface area contributed by atoms with Crippen molar-refractivity contribution in [3.8, 4) is 0 Å². The largest absolute Gasteiger partial charge is 0.383 e. The number of urea groups is 1. The van der Waals surface area contributed by atoms with Gasteiger partial charge in [-0.15, -0.1) is 0 Å². The molecule has 3 aromatic carbocycles. The molecular formula is C31H38N4O3. The summed E-state index contributed by atoms with van der Waals surface area (Å²) in [6.45, 7) is 6.60. The Hall–Kier alpha value is -3.84. The molecule has 3 aromatic rings. The van der Waals surface area contributed by atoms with E-state index in [0.717, 1.165) is 54.9 Å². The van der Waals surface area contributed by atoms with Gasteiger partial charge in [0, 0.05) is 43.8 Å². The lowest BCUT2D eigenvalue weighted by Crippen LogP contribution is -2.36. The number of ether oxygens (including phenoxy) is 1. The fourth-order valence-corrected chi connectivity index (χ4v) is 5.00. The van der Waals surface area contributed by atoms with Crippen LogP contribution in [-0.2, 0) is 11.2 Å². The molecule has 38 heavy (non-hydrogen) atoms. The highest BCUT2D eigenvalue weighted by Gasteiger charge is 2.24. The quantitative estimate of drug-likeness (QED) is 0.316. The molecule has 0 bridgehead atoms. The Morgan fingerprint density at radius 3 is 2.42 bits per heavy atom. The topological polar surface area (TPSA) is 82.7 Å². The van der Waals surface area contributed by atoms with E-state index in [4.69, 9.17) is 4.74 Å². The lowest BCUT2D eigenvalue weighted by atomic mass is 9.89. The van der Waals surface area contributed by atoms with E-state index in [-0.39, 0.29) is 11.9 Å². The number of amides is 3. The Labute approximate surface area is 225 Å². The summed E-state index contributed by atoms with van der Waals surface area (Å²) >= 11 is 0. The number of benzene rings is 3. The molecule has 0 radical (unpaired) electrons. The molecule has 200 valence electrons. The van der Waals surface area contributed by atoms with Crippen molar-refractivity contribution >= 4 is 29.0 Å². The van der Waals surface area contributed by atoms with Crippen molar-refractivity contribution in [3.05, 3.63) is 89.0 Å². The lowest BCUT2D eigenvalue weighted by molar-refractivity contribution is 0.0937. The number of rotatable bonds is 9. The van der Waals surface area contributed by atoms with E-state index >= 15 is 0 Å². The number of hydrogen-bond acceptors (Lipinski definition) is 4. The molecule has 0 unspecified atom stereocenters. The second-order valence-corrected chi connectivity index (χ2v) is 10.00. The van der Waals surface area contributed by atoms with Gasteiger partial charge in [0.2, 0.25) is 0 Å². The van der Waals surface area contributed by atoms with Crippen molar-refractivity contribution in [3.63, 3.8) is 0 Å². The summed E-state index contributed by atoms with van der Waals surface area (Å²) in [6, 6.07) is 21.7. The zero-order valence-corrected chi connectivity index (χ0v) is 22.5. The van der Waals surface area contributed by atoms with Gasteiger partial charge >= 0.3 is 6.03 Å². The average Bonchev–Trinajstić information content (AvgIpc) is 2.91. The van der Waals surface area contributed by atoms with Crippen LogP contribution in [0.15, 0.2) is 66.7 Å². The fraction of sp³-hybridized carbons (Fsp3) is 0.355. The SMILES string of the molecule is COCCNC(=O)c1cc(NC(=O)Nc2ccc(C)cc2C)ccc1N1CCC(Cc2ccccc2)CC1. The summed E-state index contributed by atoms with van der Waals surface area (Å²) < 4.78 is 5.09. The molecule has 0 aromatic heterocycles. The number of methoxy groups -OCH3 is 1. The predicted molar refractivity (Wildman–Crippen MR) is 154 cm³/mol. The van der Waals surface area contributed by atoms with E-state index in [1.807, 2.05) is 44.2 Å². The maximum atomic E-state index is 13.2. The number of nitrogens with one attached hydrogen (secondary N) is 3. The van der Waals surface area contributed by atoms with Crippen LogP contribution in [0.3, 0.4) is 0 Å². The number of hydrogen-bond donors (Lipinski definition) is 3. The van der Waals surface area contributed by atoms with Crippen LogP contribution in [0.25, 0.3) is 0 Å². The Bertz CT molecular complexity index is 1240. The minimum Gasteiger partial charge on any atom is -0.383 e. The number of carbonyl (C=O) groups is 2. The first-order valence-corrected chi connectivity index (χ1v) is 13.3. The van der Waals surface area contributed by atoms with Gasteiger partial charge in [-0.3, -0.25) is 4.79 Å².